The van der Waals surface area contributed by atoms with E-state index in [1.165, 1.54) is 10.6 Å². The smallest absolute Gasteiger partial charge is 0.123 e. The predicted molar refractivity (Wildman–Crippen MR) is 87.5 cm³/mol. The fourth-order valence-corrected chi connectivity index (χ4v) is 3.28. The van der Waals surface area contributed by atoms with Gasteiger partial charge in [0.1, 0.15) is 5.82 Å². The molecule has 0 fully saturated rings. The van der Waals surface area contributed by atoms with Crippen LogP contribution in [-0.2, 0) is 12.8 Å². The number of nitrogens with one attached hydrogen (secondary N) is 1. The second-order valence-corrected chi connectivity index (χ2v) is 6.46. The summed E-state index contributed by atoms with van der Waals surface area (Å²) in [5, 5.41) is 6.85. The van der Waals surface area contributed by atoms with Crippen LogP contribution in [0.4, 0.5) is 4.39 Å². The SMILES string of the molecule is CCCNC(Cc1nc(C)cs1)Cc1ccc(F)cc1C. The van der Waals surface area contributed by atoms with Crippen molar-refractivity contribution in [1.29, 1.82) is 0 Å². The van der Waals surface area contributed by atoms with Gasteiger partial charge in [0.05, 0.1) is 5.01 Å². The summed E-state index contributed by atoms with van der Waals surface area (Å²) < 4.78 is 13.2. The number of halogens is 1. The summed E-state index contributed by atoms with van der Waals surface area (Å²) >= 11 is 1.72. The van der Waals surface area contributed by atoms with E-state index in [1.807, 2.05) is 19.9 Å². The molecule has 0 spiro atoms. The van der Waals surface area contributed by atoms with Gasteiger partial charge in [0.25, 0.3) is 0 Å². The van der Waals surface area contributed by atoms with Gasteiger partial charge in [-0.05, 0) is 56.5 Å². The minimum absolute atomic E-state index is 0.162. The molecule has 21 heavy (non-hydrogen) atoms. The standard InChI is InChI=1S/C17H23FN2S/c1-4-7-19-16(10-17-20-13(3)11-21-17)9-14-5-6-15(18)8-12(14)2/h5-6,8,11,16,19H,4,7,9-10H2,1-3H3. The molecule has 1 aromatic carbocycles. The molecule has 1 N–H and O–H groups in total. The van der Waals surface area contributed by atoms with Crippen LogP contribution >= 0.6 is 11.3 Å². The van der Waals surface area contributed by atoms with Gasteiger partial charge in [-0.2, -0.15) is 0 Å². The fraction of sp³-hybridized carbons (Fsp3) is 0.471. The summed E-state index contributed by atoms with van der Waals surface area (Å²) in [6.07, 6.45) is 2.94. The highest BCUT2D eigenvalue weighted by molar-refractivity contribution is 7.09. The fourth-order valence-electron chi connectivity index (χ4n) is 2.43. The van der Waals surface area contributed by atoms with E-state index in [4.69, 9.17) is 0 Å². The molecular weight excluding hydrogens is 283 g/mol. The largest absolute Gasteiger partial charge is 0.313 e. The first-order valence-corrected chi connectivity index (χ1v) is 8.36. The van der Waals surface area contributed by atoms with Crippen molar-refractivity contribution in [1.82, 2.24) is 10.3 Å². The maximum absolute atomic E-state index is 13.2. The summed E-state index contributed by atoms with van der Waals surface area (Å²) in [5.41, 5.74) is 3.31. The monoisotopic (exact) mass is 306 g/mol. The first-order chi connectivity index (χ1) is 10.1. The molecule has 0 amide bonds. The van der Waals surface area contributed by atoms with Crippen molar-refractivity contribution in [3.63, 3.8) is 0 Å². The molecule has 0 aliphatic carbocycles. The lowest BCUT2D eigenvalue weighted by molar-refractivity contribution is 0.502. The van der Waals surface area contributed by atoms with Gasteiger partial charge in [-0.1, -0.05) is 13.0 Å². The van der Waals surface area contributed by atoms with Gasteiger partial charge >= 0.3 is 0 Å². The molecule has 1 heterocycles. The second kappa shape index (κ2) is 7.66. The summed E-state index contributed by atoms with van der Waals surface area (Å²) in [4.78, 5) is 4.56. The van der Waals surface area contributed by atoms with Crippen molar-refractivity contribution in [2.75, 3.05) is 6.54 Å². The van der Waals surface area contributed by atoms with E-state index in [9.17, 15) is 4.39 Å². The molecule has 2 rings (SSSR count). The molecule has 0 aliphatic heterocycles. The summed E-state index contributed by atoms with van der Waals surface area (Å²) in [5.74, 6) is -0.162. The minimum atomic E-state index is -0.162. The van der Waals surface area contributed by atoms with Gasteiger partial charge in [-0.3, -0.25) is 0 Å². The molecule has 1 unspecified atom stereocenters. The molecule has 1 atom stereocenters. The van der Waals surface area contributed by atoms with Gasteiger partial charge < -0.3 is 5.32 Å². The lowest BCUT2D eigenvalue weighted by Crippen LogP contribution is -2.34. The maximum atomic E-state index is 13.2. The van der Waals surface area contributed by atoms with Crippen molar-refractivity contribution in [3.05, 3.63) is 51.2 Å². The van der Waals surface area contributed by atoms with Crippen LogP contribution in [0.15, 0.2) is 23.6 Å². The van der Waals surface area contributed by atoms with E-state index in [-0.39, 0.29) is 5.82 Å². The van der Waals surface area contributed by atoms with Crippen LogP contribution in [0.2, 0.25) is 0 Å². The summed E-state index contributed by atoms with van der Waals surface area (Å²) in [7, 11) is 0. The molecule has 0 saturated carbocycles. The quantitative estimate of drug-likeness (QED) is 0.834. The topological polar surface area (TPSA) is 24.9 Å². The Morgan fingerprint density at radius 3 is 2.71 bits per heavy atom. The molecule has 0 aliphatic rings. The Balaban J connectivity index is 2.08. The van der Waals surface area contributed by atoms with E-state index in [2.05, 4.69) is 22.6 Å². The lowest BCUT2D eigenvalue weighted by Gasteiger charge is -2.18. The third-order valence-corrected chi connectivity index (χ3v) is 4.53. The van der Waals surface area contributed by atoms with E-state index >= 15 is 0 Å². The number of rotatable bonds is 7. The first-order valence-electron chi connectivity index (χ1n) is 7.48. The number of nitrogens with zero attached hydrogens (tertiary/aromatic N) is 1. The molecule has 4 heteroatoms. The van der Waals surface area contributed by atoms with E-state index in [0.717, 1.165) is 37.1 Å². The molecule has 2 aromatic rings. The normalized spacial score (nSPS) is 12.6. The molecule has 0 saturated heterocycles. The van der Waals surface area contributed by atoms with Gasteiger partial charge in [0, 0.05) is 23.5 Å². The molecular formula is C17H23FN2S. The Kier molecular flexibility index (Phi) is 5.88. The highest BCUT2D eigenvalue weighted by atomic mass is 32.1. The Morgan fingerprint density at radius 2 is 2.10 bits per heavy atom. The van der Waals surface area contributed by atoms with E-state index in [0.29, 0.717) is 6.04 Å². The van der Waals surface area contributed by atoms with Crippen LogP contribution < -0.4 is 5.32 Å². The average molecular weight is 306 g/mol. The van der Waals surface area contributed by atoms with Crippen molar-refractivity contribution in [2.45, 2.75) is 46.1 Å². The Hall–Kier alpha value is -1.26. The third-order valence-electron chi connectivity index (χ3n) is 3.54. The van der Waals surface area contributed by atoms with Gasteiger partial charge in [0.2, 0.25) is 0 Å². The molecule has 2 nitrogen and oxygen atoms in total. The Labute approximate surface area is 130 Å². The predicted octanol–water partition coefficient (Wildman–Crippen LogP) is 4.05. The lowest BCUT2D eigenvalue weighted by atomic mass is 9.99. The van der Waals surface area contributed by atoms with E-state index in [1.54, 1.807) is 23.5 Å². The second-order valence-electron chi connectivity index (χ2n) is 5.51. The highest BCUT2D eigenvalue weighted by Crippen LogP contribution is 2.16. The van der Waals surface area contributed by atoms with Crippen molar-refractivity contribution < 1.29 is 4.39 Å². The van der Waals surface area contributed by atoms with Gasteiger partial charge in [0.15, 0.2) is 0 Å². The number of aromatic nitrogens is 1. The Bertz CT molecular complexity index is 580. The molecule has 114 valence electrons. The van der Waals surface area contributed by atoms with Crippen LogP contribution in [0.1, 0.15) is 35.2 Å². The first kappa shape index (κ1) is 16.1. The van der Waals surface area contributed by atoms with E-state index < -0.39 is 0 Å². The minimum Gasteiger partial charge on any atom is -0.313 e. The van der Waals surface area contributed by atoms with Crippen LogP contribution in [0.25, 0.3) is 0 Å². The van der Waals surface area contributed by atoms with Crippen LogP contribution in [0.3, 0.4) is 0 Å². The van der Waals surface area contributed by atoms with Crippen LogP contribution in [0.5, 0.6) is 0 Å². The summed E-state index contributed by atoms with van der Waals surface area (Å²) in [6.45, 7) is 7.16. The maximum Gasteiger partial charge on any atom is 0.123 e. The number of hydrogen-bond donors (Lipinski definition) is 1. The number of aryl methyl sites for hydroxylation is 2. The molecule has 1 aromatic heterocycles. The molecule has 0 radical (unpaired) electrons. The van der Waals surface area contributed by atoms with Crippen molar-refractivity contribution >= 4 is 11.3 Å². The van der Waals surface area contributed by atoms with Gasteiger partial charge in [-0.25, -0.2) is 9.37 Å². The highest BCUT2D eigenvalue weighted by Gasteiger charge is 2.13. The third kappa shape index (κ3) is 4.90. The zero-order chi connectivity index (χ0) is 15.2. The summed E-state index contributed by atoms with van der Waals surface area (Å²) in [6, 6.07) is 5.41. The van der Waals surface area contributed by atoms with Crippen LogP contribution in [0, 0.1) is 19.7 Å². The zero-order valence-corrected chi connectivity index (χ0v) is 13.8. The Morgan fingerprint density at radius 1 is 1.29 bits per heavy atom. The van der Waals surface area contributed by atoms with Crippen LogP contribution in [-0.4, -0.2) is 17.6 Å². The van der Waals surface area contributed by atoms with Crippen molar-refractivity contribution in [3.8, 4) is 0 Å². The zero-order valence-electron chi connectivity index (χ0n) is 12.9. The van der Waals surface area contributed by atoms with Crippen molar-refractivity contribution in [2.24, 2.45) is 0 Å². The number of benzene rings is 1. The molecule has 0 bridgehead atoms. The van der Waals surface area contributed by atoms with Gasteiger partial charge in [-0.15, -0.1) is 11.3 Å². The average Bonchev–Trinajstić information content (AvgIpc) is 2.84. The number of hydrogen-bond acceptors (Lipinski definition) is 3. The number of thiazole rings is 1.